The van der Waals surface area contributed by atoms with Crippen molar-refractivity contribution < 1.29 is 19.0 Å². The molecule has 1 aromatic heterocycles. The number of methoxy groups -OCH3 is 2. The number of allylic oxidation sites excluding steroid dienone is 1. The number of amides is 1. The van der Waals surface area contributed by atoms with Gasteiger partial charge in [0.25, 0.3) is 0 Å². The minimum Gasteiger partial charge on any atom is -0.493 e. The van der Waals surface area contributed by atoms with Gasteiger partial charge in [0, 0.05) is 22.7 Å². The number of rotatable bonds is 5. The van der Waals surface area contributed by atoms with Crippen molar-refractivity contribution in [3.63, 3.8) is 0 Å². The second-order valence-corrected chi connectivity index (χ2v) is 7.88. The largest absolute Gasteiger partial charge is 0.493 e. The summed E-state index contributed by atoms with van der Waals surface area (Å²) in [4.78, 5) is 14.7. The molecule has 0 spiro atoms. The van der Waals surface area contributed by atoms with Crippen LogP contribution in [0.15, 0.2) is 46.4 Å². The summed E-state index contributed by atoms with van der Waals surface area (Å²) in [6.07, 6.45) is 1.77. The van der Waals surface area contributed by atoms with Crippen LogP contribution in [-0.4, -0.2) is 25.1 Å². The molecule has 2 aromatic carbocycles. The number of nitriles is 1. The fraction of sp³-hybridized carbons (Fsp3) is 0.182. The highest BCUT2D eigenvalue weighted by Crippen LogP contribution is 2.48. The first kappa shape index (κ1) is 20.6. The summed E-state index contributed by atoms with van der Waals surface area (Å²) in [5.74, 6) is 0.570. The highest BCUT2D eigenvalue weighted by Gasteiger charge is 2.33. The van der Waals surface area contributed by atoms with Gasteiger partial charge in [0.2, 0.25) is 11.8 Å². The summed E-state index contributed by atoms with van der Waals surface area (Å²) < 4.78 is 17.5. The van der Waals surface area contributed by atoms with E-state index in [4.69, 9.17) is 25.7 Å². The number of aromatic nitrogens is 1. The van der Waals surface area contributed by atoms with E-state index in [9.17, 15) is 10.1 Å². The van der Waals surface area contributed by atoms with Crippen molar-refractivity contribution in [3.05, 3.63) is 63.1 Å². The molecule has 4 rings (SSSR count). The fourth-order valence-electron chi connectivity index (χ4n) is 3.97. The Kier molecular flexibility index (Phi) is 5.25. The second kappa shape index (κ2) is 7.89. The lowest BCUT2D eigenvalue weighted by atomic mass is 9.82. The lowest BCUT2D eigenvalue weighted by Crippen LogP contribution is -2.21. The van der Waals surface area contributed by atoms with Gasteiger partial charge in [0.15, 0.2) is 11.5 Å². The second-order valence-electron chi connectivity index (χ2n) is 7.03. The van der Waals surface area contributed by atoms with E-state index in [2.05, 4.69) is 27.0 Å². The molecule has 2 heterocycles. The third-order valence-electron chi connectivity index (χ3n) is 5.26. The average Bonchev–Trinajstić information content (AvgIpc) is 3.14. The topological polar surface area (TPSA) is 136 Å². The molecule has 0 bridgehead atoms. The van der Waals surface area contributed by atoms with Gasteiger partial charge in [0.1, 0.15) is 17.4 Å². The number of ether oxygens (including phenoxy) is 3. The molecule has 0 fully saturated rings. The zero-order valence-corrected chi connectivity index (χ0v) is 18.4. The fourth-order valence-corrected chi connectivity index (χ4v) is 4.59. The van der Waals surface area contributed by atoms with Gasteiger partial charge in [-0.3, -0.25) is 4.79 Å². The molecule has 0 saturated carbocycles. The van der Waals surface area contributed by atoms with E-state index in [1.807, 2.05) is 18.2 Å². The number of H-pyrrole nitrogens is 1. The third kappa shape index (κ3) is 3.35. The Balaban J connectivity index is 1.99. The van der Waals surface area contributed by atoms with Crippen LogP contribution in [0.3, 0.4) is 0 Å². The summed E-state index contributed by atoms with van der Waals surface area (Å²) in [6.45, 7) is 0. The predicted molar refractivity (Wildman–Crippen MR) is 118 cm³/mol. The molecule has 31 heavy (non-hydrogen) atoms. The molecular formula is C22H19BrN4O4. The van der Waals surface area contributed by atoms with Crippen LogP contribution < -0.4 is 25.7 Å². The summed E-state index contributed by atoms with van der Waals surface area (Å²) in [6, 6.07) is 9.59. The number of halogens is 1. The van der Waals surface area contributed by atoms with Gasteiger partial charge in [-0.2, -0.15) is 5.26 Å². The van der Waals surface area contributed by atoms with Crippen molar-refractivity contribution in [3.8, 4) is 23.3 Å². The quantitative estimate of drug-likeness (QED) is 0.510. The van der Waals surface area contributed by atoms with Crippen molar-refractivity contribution in [2.75, 3.05) is 14.2 Å². The maximum Gasteiger partial charge on any atom is 0.221 e. The molecule has 0 saturated heterocycles. The number of hydrogen-bond donors (Lipinski definition) is 3. The zero-order chi connectivity index (χ0) is 22.3. The summed E-state index contributed by atoms with van der Waals surface area (Å²) in [5, 5.41) is 10.6. The van der Waals surface area contributed by atoms with E-state index in [0.29, 0.717) is 32.7 Å². The molecule has 5 N–H and O–H groups in total. The maximum atomic E-state index is 11.6. The highest BCUT2D eigenvalue weighted by molar-refractivity contribution is 9.10. The zero-order valence-electron chi connectivity index (χ0n) is 16.8. The van der Waals surface area contributed by atoms with E-state index < -0.39 is 11.8 Å². The minimum absolute atomic E-state index is 0.00429. The molecule has 9 heteroatoms. The first-order valence-corrected chi connectivity index (χ1v) is 10.1. The number of aromatic amines is 1. The molecule has 0 aliphatic carbocycles. The van der Waals surface area contributed by atoms with E-state index in [1.54, 1.807) is 26.5 Å². The number of nitrogens with one attached hydrogen (secondary N) is 1. The first-order chi connectivity index (χ1) is 14.9. The third-order valence-corrected chi connectivity index (χ3v) is 5.85. The van der Waals surface area contributed by atoms with Gasteiger partial charge in [-0.25, -0.2) is 0 Å². The SMILES string of the molecule is COc1cc(C2C(C#N)=C(N)Oc3c2ccc2[nH]cc(CC(N)=O)c32)cc(Br)c1OC. The molecule has 1 aliphatic heterocycles. The number of fused-ring (bicyclic) bond motifs is 3. The lowest BCUT2D eigenvalue weighted by molar-refractivity contribution is -0.117. The van der Waals surface area contributed by atoms with Crippen LogP contribution >= 0.6 is 15.9 Å². The van der Waals surface area contributed by atoms with E-state index >= 15 is 0 Å². The Hall–Kier alpha value is -3.64. The van der Waals surface area contributed by atoms with Crippen molar-refractivity contribution in [2.24, 2.45) is 11.5 Å². The molecule has 158 valence electrons. The monoisotopic (exact) mass is 482 g/mol. The van der Waals surface area contributed by atoms with Gasteiger partial charge in [-0.05, 0) is 45.3 Å². The number of nitrogens with zero attached hydrogens (tertiary/aromatic N) is 1. The smallest absolute Gasteiger partial charge is 0.221 e. The summed E-state index contributed by atoms with van der Waals surface area (Å²) >= 11 is 3.51. The normalized spacial score (nSPS) is 15.2. The molecular weight excluding hydrogens is 464 g/mol. The lowest BCUT2D eigenvalue weighted by Gasteiger charge is -2.28. The van der Waals surface area contributed by atoms with Crippen LogP contribution in [0.5, 0.6) is 17.2 Å². The Morgan fingerprint density at radius 2 is 2.10 bits per heavy atom. The van der Waals surface area contributed by atoms with Gasteiger partial charge in [-0.1, -0.05) is 6.07 Å². The number of benzene rings is 2. The predicted octanol–water partition coefficient (Wildman–Crippen LogP) is 3.19. The van der Waals surface area contributed by atoms with Crippen LogP contribution in [0.4, 0.5) is 0 Å². The average molecular weight is 483 g/mol. The van der Waals surface area contributed by atoms with Crippen LogP contribution in [0, 0.1) is 11.3 Å². The van der Waals surface area contributed by atoms with Crippen molar-refractivity contribution in [2.45, 2.75) is 12.3 Å². The molecule has 3 aromatic rings. The Bertz CT molecular complexity index is 1290. The van der Waals surface area contributed by atoms with Crippen molar-refractivity contribution in [1.29, 1.82) is 5.26 Å². The molecule has 1 amide bonds. The van der Waals surface area contributed by atoms with E-state index in [1.165, 1.54) is 0 Å². The molecule has 1 aliphatic rings. The summed E-state index contributed by atoms with van der Waals surface area (Å²) in [7, 11) is 3.09. The Morgan fingerprint density at radius 3 is 2.74 bits per heavy atom. The van der Waals surface area contributed by atoms with Crippen LogP contribution in [0.2, 0.25) is 0 Å². The molecule has 8 nitrogen and oxygen atoms in total. The highest BCUT2D eigenvalue weighted by atomic mass is 79.9. The molecule has 1 unspecified atom stereocenters. The van der Waals surface area contributed by atoms with Crippen LogP contribution in [0.1, 0.15) is 22.6 Å². The van der Waals surface area contributed by atoms with Gasteiger partial charge in [-0.15, -0.1) is 0 Å². The summed E-state index contributed by atoms with van der Waals surface area (Å²) in [5.41, 5.74) is 14.8. The van der Waals surface area contributed by atoms with Crippen molar-refractivity contribution >= 4 is 32.7 Å². The Labute approximate surface area is 186 Å². The number of carbonyl (C=O) groups is 1. The molecule has 1 atom stereocenters. The van der Waals surface area contributed by atoms with E-state index in [-0.39, 0.29) is 17.9 Å². The number of carbonyl (C=O) groups excluding carboxylic acids is 1. The van der Waals surface area contributed by atoms with Crippen LogP contribution in [-0.2, 0) is 11.2 Å². The van der Waals surface area contributed by atoms with Crippen molar-refractivity contribution in [1.82, 2.24) is 4.98 Å². The van der Waals surface area contributed by atoms with Gasteiger partial charge >= 0.3 is 0 Å². The number of nitrogens with two attached hydrogens (primary N) is 2. The number of hydrogen-bond acceptors (Lipinski definition) is 6. The van der Waals surface area contributed by atoms with E-state index in [0.717, 1.165) is 16.6 Å². The minimum atomic E-state index is -0.509. The van der Waals surface area contributed by atoms with Gasteiger partial charge in [0.05, 0.1) is 31.0 Å². The number of primary amides is 1. The molecule has 0 radical (unpaired) electrons. The maximum absolute atomic E-state index is 11.6. The van der Waals surface area contributed by atoms with Gasteiger partial charge < -0.3 is 30.7 Å². The standard InChI is InChI=1S/C22H19BrN4O4/c1-29-16-6-10(5-14(23)21(16)30-2)18-12-3-4-15-19(11(9-27-15)7-17(25)28)20(12)31-22(26)13(18)8-24/h3-6,9,18,27H,7,26H2,1-2H3,(H2,25,28). The first-order valence-electron chi connectivity index (χ1n) is 9.29. The van der Waals surface area contributed by atoms with Crippen LogP contribution in [0.25, 0.3) is 10.9 Å². The Morgan fingerprint density at radius 1 is 1.32 bits per heavy atom.